The zero-order valence-corrected chi connectivity index (χ0v) is 9.67. The van der Waals surface area contributed by atoms with Crippen LogP contribution in [0.4, 0.5) is 0 Å². The van der Waals surface area contributed by atoms with Gasteiger partial charge < -0.3 is 5.11 Å². The SMILES string of the molecule is Cn1ccc(-c2ncc(CO)c(C3CC3)n2)n1. The second kappa shape index (κ2) is 3.92. The van der Waals surface area contributed by atoms with Crippen LogP contribution in [0.2, 0.25) is 0 Å². The highest BCUT2D eigenvalue weighted by atomic mass is 16.3. The van der Waals surface area contributed by atoms with Gasteiger partial charge in [0.05, 0.1) is 12.3 Å². The molecule has 0 amide bonds. The normalized spacial score (nSPS) is 15.2. The van der Waals surface area contributed by atoms with Gasteiger partial charge in [-0.05, 0) is 18.9 Å². The Morgan fingerprint density at radius 1 is 1.47 bits per heavy atom. The van der Waals surface area contributed by atoms with Gasteiger partial charge in [0, 0.05) is 30.9 Å². The lowest BCUT2D eigenvalue weighted by Gasteiger charge is -2.05. The molecule has 88 valence electrons. The summed E-state index contributed by atoms with van der Waals surface area (Å²) in [5, 5.41) is 13.5. The van der Waals surface area contributed by atoms with Gasteiger partial charge in [0.15, 0.2) is 5.82 Å². The minimum absolute atomic E-state index is 0.00827. The largest absolute Gasteiger partial charge is 0.392 e. The Balaban J connectivity index is 2.03. The topological polar surface area (TPSA) is 63.8 Å². The summed E-state index contributed by atoms with van der Waals surface area (Å²) in [4.78, 5) is 8.80. The van der Waals surface area contributed by atoms with E-state index in [4.69, 9.17) is 0 Å². The molecule has 2 aromatic rings. The third-order valence-electron chi connectivity index (χ3n) is 2.98. The molecule has 1 N–H and O–H groups in total. The van der Waals surface area contributed by atoms with Crippen LogP contribution in [-0.2, 0) is 13.7 Å². The van der Waals surface area contributed by atoms with Gasteiger partial charge in [0.25, 0.3) is 0 Å². The minimum Gasteiger partial charge on any atom is -0.392 e. The summed E-state index contributed by atoms with van der Waals surface area (Å²) in [5.74, 6) is 1.15. The smallest absolute Gasteiger partial charge is 0.180 e. The number of aromatic nitrogens is 4. The Bertz CT molecular complexity index is 545. The molecule has 0 aromatic carbocycles. The van der Waals surface area contributed by atoms with Crippen molar-refractivity contribution >= 4 is 0 Å². The standard InChI is InChI=1S/C12H14N4O/c1-16-5-4-10(15-16)12-13-6-9(7-17)11(14-12)8-2-3-8/h4-6,8,17H,2-3,7H2,1H3. The summed E-state index contributed by atoms with van der Waals surface area (Å²) in [6, 6.07) is 1.89. The van der Waals surface area contributed by atoms with E-state index in [2.05, 4.69) is 15.1 Å². The molecule has 1 fully saturated rings. The molecule has 5 heteroatoms. The Hall–Kier alpha value is -1.75. The van der Waals surface area contributed by atoms with E-state index < -0.39 is 0 Å². The molecule has 0 bridgehead atoms. The second-order valence-corrected chi connectivity index (χ2v) is 4.41. The molecule has 0 spiro atoms. The monoisotopic (exact) mass is 230 g/mol. The van der Waals surface area contributed by atoms with Gasteiger partial charge in [-0.1, -0.05) is 0 Å². The summed E-state index contributed by atoms with van der Waals surface area (Å²) in [7, 11) is 1.87. The maximum Gasteiger partial charge on any atom is 0.180 e. The summed E-state index contributed by atoms with van der Waals surface area (Å²) >= 11 is 0. The van der Waals surface area contributed by atoms with Gasteiger partial charge in [-0.2, -0.15) is 5.10 Å². The van der Waals surface area contributed by atoms with Crippen LogP contribution in [0, 0.1) is 0 Å². The number of rotatable bonds is 3. The highest BCUT2D eigenvalue weighted by molar-refractivity contribution is 5.49. The van der Waals surface area contributed by atoms with Crippen LogP contribution in [0.3, 0.4) is 0 Å². The average Bonchev–Trinajstić information content (AvgIpc) is 3.11. The molecular weight excluding hydrogens is 216 g/mol. The predicted molar refractivity (Wildman–Crippen MR) is 62.1 cm³/mol. The van der Waals surface area contributed by atoms with Gasteiger partial charge in [-0.25, -0.2) is 9.97 Å². The molecular formula is C12H14N4O. The number of aryl methyl sites for hydroxylation is 1. The van der Waals surface area contributed by atoms with Crippen LogP contribution in [0.1, 0.15) is 30.0 Å². The Kier molecular flexibility index (Phi) is 2.40. The highest BCUT2D eigenvalue weighted by Crippen LogP contribution is 2.40. The van der Waals surface area contributed by atoms with Crippen molar-refractivity contribution in [3.8, 4) is 11.5 Å². The average molecular weight is 230 g/mol. The van der Waals surface area contributed by atoms with E-state index in [1.807, 2.05) is 19.3 Å². The van der Waals surface area contributed by atoms with Crippen molar-refractivity contribution in [3.05, 3.63) is 29.7 Å². The van der Waals surface area contributed by atoms with Crippen LogP contribution in [0.5, 0.6) is 0 Å². The minimum atomic E-state index is 0.00827. The Morgan fingerprint density at radius 2 is 2.29 bits per heavy atom. The fourth-order valence-electron chi connectivity index (χ4n) is 1.91. The first kappa shape index (κ1) is 10.4. The van der Waals surface area contributed by atoms with Crippen molar-refractivity contribution in [2.75, 3.05) is 0 Å². The quantitative estimate of drug-likeness (QED) is 0.861. The molecule has 0 unspecified atom stereocenters. The van der Waals surface area contributed by atoms with E-state index in [0.717, 1.165) is 29.8 Å². The van der Waals surface area contributed by atoms with Crippen LogP contribution < -0.4 is 0 Å². The zero-order chi connectivity index (χ0) is 11.8. The first-order valence-electron chi connectivity index (χ1n) is 5.74. The maximum absolute atomic E-state index is 9.26. The molecule has 1 aliphatic rings. The molecule has 0 saturated heterocycles. The summed E-state index contributed by atoms with van der Waals surface area (Å²) in [6.07, 6.45) is 5.90. The van der Waals surface area contributed by atoms with E-state index in [9.17, 15) is 5.11 Å². The molecule has 5 nitrogen and oxygen atoms in total. The number of hydrogen-bond donors (Lipinski definition) is 1. The predicted octanol–water partition coefficient (Wildman–Crippen LogP) is 1.25. The summed E-state index contributed by atoms with van der Waals surface area (Å²) < 4.78 is 1.73. The number of aliphatic hydroxyl groups is 1. The van der Waals surface area contributed by atoms with Crippen LogP contribution in [-0.4, -0.2) is 24.9 Å². The third kappa shape index (κ3) is 1.93. The Labute approximate surface area is 99.1 Å². The van der Waals surface area contributed by atoms with Gasteiger partial charge in [-0.3, -0.25) is 4.68 Å². The van der Waals surface area contributed by atoms with Crippen molar-refractivity contribution in [3.63, 3.8) is 0 Å². The maximum atomic E-state index is 9.26. The molecule has 0 atom stereocenters. The van der Waals surface area contributed by atoms with Gasteiger partial charge in [0.2, 0.25) is 0 Å². The lowest BCUT2D eigenvalue weighted by atomic mass is 10.1. The fraction of sp³-hybridized carbons (Fsp3) is 0.417. The summed E-state index contributed by atoms with van der Waals surface area (Å²) in [6.45, 7) is 0.00827. The van der Waals surface area contributed by atoms with Gasteiger partial charge in [0.1, 0.15) is 5.69 Å². The lowest BCUT2D eigenvalue weighted by molar-refractivity contribution is 0.279. The van der Waals surface area contributed by atoms with Crippen LogP contribution in [0.25, 0.3) is 11.5 Å². The molecule has 17 heavy (non-hydrogen) atoms. The molecule has 2 aromatic heterocycles. The second-order valence-electron chi connectivity index (χ2n) is 4.41. The van der Waals surface area contributed by atoms with E-state index in [1.54, 1.807) is 10.9 Å². The first-order valence-corrected chi connectivity index (χ1v) is 5.74. The molecule has 0 aliphatic heterocycles. The molecule has 1 saturated carbocycles. The lowest BCUT2D eigenvalue weighted by Crippen LogP contribution is -2.01. The molecule has 1 aliphatic carbocycles. The summed E-state index contributed by atoms with van der Waals surface area (Å²) in [5.41, 5.74) is 2.61. The van der Waals surface area contributed by atoms with Crippen molar-refractivity contribution in [1.82, 2.24) is 19.7 Å². The van der Waals surface area contributed by atoms with E-state index in [1.165, 1.54) is 0 Å². The van der Waals surface area contributed by atoms with Gasteiger partial charge in [-0.15, -0.1) is 0 Å². The zero-order valence-electron chi connectivity index (χ0n) is 9.67. The molecule has 2 heterocycles. The Morgan fingerprint density at radius 3 is 2.88 bits per heavy atom. The van der Waals surface area contributed by atoms with Crippen LogP contribution in [0.15, 0.2) is 18.5 Å². The first-order chi connectivity index (χ1) is 8.28. The van der Waals surface area contributed by atoms with E-state index in [-0.39, 0.29) is 6.61 Å². The van der Waals surface area contributed by atoms with Crippen molar-refractivity contribution in [2.45, 2.75) is 25.4 Å². The number of aliphatic hydroxyl groups excluding tert-OH is 1. The van der Waals surface area contributed by atoms with E-state index >= 15 is 0 Å². The van der Waals surface area contributed by atoms with Crippen molar-refractivity contribution in [2.24, 2.45) is 7.05 Å². The molecule has 3 rings (SSSR count). The van der Waals surface area contributed by atoms with Gasteiger partial charge >= 0.3 is 0 Å². The highest BCUT2D eigenvalue weighted by Gasteiger charge is 2.28. The van der Waals surface area contributed by atoms with Crippen LogP contribution >= 0.6 is 0 Å². The fourth-order valence-corrected chi connectivity index (χ4v) is 1.91. The van der Waals surface area contributed by atoms with Crippen molar-refractivity contribution < 1.29 is 5.11 Å². The third-order valence-corrected chi connectivity index (χ3v) is 2.98. The number of hydrogen-bond acceptors (Lipinski definition) is 4. The number of nitrogens with zero attached hydrogens (tertiary/aromatic N) is 4. The van der Waals surface area contributed by atoms with E-state index in [0.29, 0.717) is 11.7 Å². The van der Waals surface area contributed by atoms with Crippen molar-refractivity contribution in [1.29, 1.82) is 0 Å². The molecule has 0 radical (unpaired) electrons.